The van der Waals surface area contributed by atoms with Crippen LogP contribution in [0, 0.1) is 13.8 Å². The summed E-state index contributed by atoms with van der Waals surface area (Å²) in [6.07, 6.45) is 1.35. The predicted octanol–water partition coefficient (Wildman–Crippen LogP) is 4.07. The second-order valence-corrected chi connectivity index (χ2v) is 6.35. The average molecular weight is 396 g/mol. The molecule has 0 aromatic heterocycles. The minimum atomic E-state index is -0.779. The lowest BCUT2D eigenvalue weighted by Gasteiger charge is -2.13. The molecule has 6 nitrogen and oxygen atoms in total. The van der Waals surface area contributed by atoms with Crippen molar-refractivity contribution in [3.05, 3.63) is 57.1 Å². The Labute approximate surface area is 161 Å². The number of nitrogens with two attached hydrogens (primary N) is 1. The number of primary amides is 1. The molecule has 0 aliphatic rings. The third-order valence-corrected chi connectivity index (χ3v) is 3.85. The van der Waals surface area contributed by atoms with Crippen molar-refractivity contribution in [1.82, 2.24) is 5.43 Å². The predicted molar refractivity (Wildman–Crippen MR) is 104 cm³/mol. The van der Waals surface area contributed by atoms with E-state index in [1.54, 1.807) is 12.1 Å². The number of aryl methyl sites for hydroxylation is 2. The summed E-state index contributed by atoms with van der Waals surface area (Å²) in [5.74, 6) is 1.19. The Bertz CT molecular complexity index is 826. The van der Waals surface area contributed by atoms with Crippen LogP contribution in [0.5, 0.6) is 11.5 Å². The average Bonchev–Trinajstić information content (AvgIpc) is 2.56. The largest absolute Gasteiger partial charge is 0.490 e. The van der Waals surface area contributed by atoms with Gasteiger partial charge in [-0.15, -0.1) is 0 Å². The standard InChI is InChI=1S/C18H19Cl2N3O3/c1-11-3-4-12(2)16(7-11)25-5-6-26-17-13(10-22-23-18(21)24)8-14(19)9-15(17)20/h3-4,7-10H,5-6H2,1-2H3,(H3,21,23,24)/b22-10+. The summed E-state index contributed by atoms with van der Waals surface area (Å²) in [4.78, 5) is 10.7. The topological polar surface area (TPSA) is 85.9 Å². The molecule has 0 radical (unpaired) electrons. The Morgan fingerprint density at radius 1 is 1.19 bits per heavy atom. The van der Waals surface area contributed by atoms with E-state index in [9.17, 15) is 4.79 Å². The van der Waals surface area contributed by atoms with Crippen molar-refractivity contribution in [2.75, 3.05) is 13.2 Å². The van der Waals surface area contributed by atoms with E-state index in [0.29, 0.717) is 28.0 Å². The van der Waals surface area contributed by atoms with Crippen LogP contribution in [0.1, 0.15) is 16.7 Å². The lowest BCUT2D eigenvalue weighted by Crippen LogP contribution is -2.24. The summed E-state index contributed by atoms with van der Waals surface area (Å²) in [6, 6.07) is 8.39. The second-order valence-electron chi connectivity index (χ2n) is 5.51. The Hall–Kier alpha value is -2.44. The molecule has 26 heavy (non-hydrogen) atoms. The third-order valence-electron chi connectivity index (χ3n) is 3.35. The summed E-state index contributed by atoms with van der Waals surface area (Å²) in [5.41, 5.74) is 9.74. The number of ether oxygens (including phenoxy) is 2. The normalized spacial score (nSPS) is 10.8. The number of hydrogen-bond acceptors (Lipinski definition) is 4. The quantitative estimate of drug-likeness (QED) is 0.420. The van der Waals surface area contributed by atoms with Gasteiger partial charge in [0.05, 0.1) is 11.2 Å². The van der Waals surface area contributed by atoms with Crippen molar-refractivity contribution in [3.8, 4) is 11.5 Å². The number of carbonyl (C=O) groups is 1. The maximum atomic E-state index is 10.7. The molecule has 2 aromatic carbocycles. The first-order chi connectivity index (χ1) is 12.4. The lowest BCUT2D eigenvalue weighted by atomic mass is 10.1. The monoisotopic (exact) mass is 395 g/mol. The van der Waals surface area contributed by atoms with E-state index in [0.717, 1.165) is 16.9 Å². The molecule has 138 valence electrons. The van der Waals surface area contributed by atoms with Crippen molar-refractivity contribution < 1.29 is 14.3 Å². The van der Waals surface area contributed by atoms with E-state index in [1.165, 1.54) is 6.21 Å². The third kappa shape index (κ3) is 5.82. The van der Waals surface area contributed by atoms with Gasteiger partial charge in [0.1, 0.15) is 24.7 Å². The molecule has 0 aliphatic heterocycles. The minimum Gasteiger partial charge on any atom is -0.490 e. The van der Waals surface area contributed by atoms with Crippen LogP contribution in [-0.2, 0) is 0 Å². The molecular formula is C18H19Cl2N3O3. The molecule has 0 heterocycles. The maximum Gasteiger partial charge on any atom is 0.332 e. The molecule has 2 amide bonds. The van der Waals surface area contributed by atoms with Gasteiger partial charge in [-0.1, -0.05) is 35.3 Å². The van der Waals surface area contributed by atoms with Gasteiger partial charge in [-0.05, 0) is 43.2 Å². The van der Waals surface area contributed by atoms with Gasteiger partial charge in [-0.3, -0.25) is 0 Å². The lowest BCUT2D eigenvalue weighted by molar-refractivity contribution is 0.216. The Morgan fingerprint density at radius 3 is 2.65 bits per heavy atom. The highest BCUT2D eigenvalue weighted by Crippen LogP contribution is 2.31. The maximum absolute atomic E-state index is 10.7. The summed E-state index contributed by atoms with van der Waals surface area (Å²) < 4.78 is 11.5. The first-order valence-electron chi connectivity index (χ1n) is 7.77. The summed E-state index contributed by atoms with van der Waals surface area (Å²) in [5, 5.41) is 4.44. The number of hydrogen-bond donors (Lipinski definition) is 2. The fourth-order valence-electron chi connectivity index (χ4n) is 2.15. The minimum absolute atomic E-state index is 0.263. The molecule has 0 fully saturated rings. The van der Waals surface area contributed by atoms with Gasteiger partial charge in [-0.25, -0.2) is 10.2 Å². The van der Waals surface area contributed by atoms with E-state index in [1.807, 2.05) is 32.0 Å². The number of rotatable bonds is 7. The van der Waals surface area contributed by atoms with Gasteiger partial charge in [0.15, 0.2) is 0 Å². The van der Waals surface area contributed by atoms with Crippen molar-refractivity contribution in [2.24, 2.45) is 10.8 Å². The zero-order chi connectivity index (χ0) is 19.1. The number of nitrogens with zero attached hydrogens (tertiary/aromatic N) is 1. The zero-order valence-corrected chi connectivity index (χ0v) is 15.9. The van der Waals surface area contributed by atoms with Crippen molar-refractivity contribution in [1.29, 1.82) is 0 Å². The number of halogens is 2. The van der Waals surface area contributed by atoms with Crippen LogP contribution < -0.4 is 20.6 Å². The van der Waals surface area contributed by atoms with Crippen LogP contribution in [-0.4, -0.2) is 25.5 Å². The smallest absolute Gasteiger partial charge is 0.332 e. The van der Waals surface area contributed by atoms with Crippen LogP contribution in [0.2, 0.25) is 10.0 Å². The van der Waals surface area contributed by atoms with E-state index in [-0.39, 0.29) is 6.61 Å². The number of amides is 2. The fourth-order valence-corrected chi connectivity index (χ4v) is 2.72. The van der Waals surface area contributed by atoms with Crippen LogP contribution in [0.4, 0.5) is 4.79 Å². The van der Waals surface area contributed by atoms with Crippen LogP contribution >= 0.6 is 23.2 Å². The van der Waals surface area contributed by atoms with Gasteiger partial charge >= 0.3 is 6.03 Å². The second kappa shape index (κ2) is 9.31. The molecule has 0 atom stereocenters. The highest BCUT2D eigenvalue weighted by atomic mass is 35.5. The summed E-state index contributed by atoms with van der Waals surface area (Å²) in [7, 11) is 0. The highest BCUT2D eigenvalue weighted by molar-refractivity contribution is 6.36. The molecule has 0 bridgehead atoms. The Morgan fingerprint density at radius 2 is 1.92 bits per heavy atom. The molecule has 0 spiro atoms. The van der Waals surface area contributed by atoms with Gasteiger partial charge in [-0.2, -0.15) is 5.10 Å². The van der Waals surface area contributed by atoms with Crippen molar-refractivity contribution in [2.45, 2.75) is 13.8 Å². The van der Waals surface area contributed by atoms with Gasteiger partial charge in [0.25, 0.3) is 0 Å². The Balaban J connectivity index is 2.03. The molecule has 0 saturated carbocycles. The molecule has 8 heteroatoms. The molecule has 2 rings (SSSR count). The first-order valence-corrected chi connectivity index (χ1v) is 8.53. The number of hydrazone groups is 1. The molecule has 0 unspecified atom stereocenters. The van der Waals surface area contributed by atoms with Crippen molar-refractivity contribution >= 4 is 35.4 Å². The molecular weight excluding hydrogens is 377 g/mol. The number of nitrogens with one attached hydrogen (secondary N) is 1. The van der Waals surface area contributed by atoms with Crippen LogP contribution in [0.15, 0.2) is 35.4 Å². The van der Waals surface area contributed by atoms with Gasteiger partial charge in [0.2, 0.25) is 0 Å². The number of urea groups is 1. The van der Waals surface area contributed by atoms with E-state index < -0.39 is 6.03 Å². The molecule has 3 N–H and O–H groups in total. The summed E-state index contributed by atoms with van der Waals surface area (Å²) >= 11 is 12.2. The van der Waals surface area contributed by atoms with Crippen LogP contribution in [0.25, 0.3) is 0 Å². The zero-order valence-electron chi connectivity index (χ0n) is 14.4. The van der Waals surface area contributed by atoms with Gasteiger partial charge < -0.3 is 15.2 Å². The number of carbonyl (C=O) groups excluding carboxylic acids is 1. The van der Waals surface area contributed by atoms with E-state index >= 15 is 0 Å². The molecule has 0 aliphatic carbocycles. The molecule has 0 saturated heterocycles. The molecule has 2 aromatic rings. The highest BCUT2D eigenvalue weighted by Gasteiger charge is 2.10. The van der Waals surface area contributed by atoms with E-state index in [2.05, 4.69) is 10.5 Å². The SMILES string of the molecule is Cc1ccc(C)c(OCCOc2c(Cl)cc(Cl)cc2/C=N/NC(N)=O)c1. The number of benzene rings is 2. The first kappa shape index (κ1) is 19.9. The van der Waals surface area contributed by atoms with Gasteiger partial charge in [0, 0.05) is 10.6 Å². The van der Waals surface area contributed by atoms with Crippen LogP contribution in [0.3, 0.4) is 0 Å². The Kier molecular flexibility index (Phi) is 7.12. The van der Waals surface area contributed by atoms with E-state index in [4.69, 9.17) is 38.4 Å². The fraction of sp³-hybridized carbons (Fsp3) is 0.222. The summed E-state index contributed by atoms with van der Waals surface area (Å²) in [6.45, 7) is 4.58. The van der Waals surface area contributed by atoms with Crippen molar-refractivity contribution in [3.63, 3.8) is 0 Å².